The van der Waals surface area contributed by atoms with E-state index in [1.807, 2.05) is 17.0 Å². The molecule has 1 fully saturated rings. The minimum Gasteiger partial charge on any atom is -0.343 e. The van der Waals surface area contributed by atoms with Crippen LogP contribution in [0, 0.1) is 5.92 Å². The lowest BCUT2D eigenvalue weighted by atomic mass is 9.92. The highest BCUT2D eigenvalue weighted by Crippen LogP contribution is 2.25. The number of likely N-dealkylation sites (tertiary alicyclic amines) is 1. The van der Waals surface area contributed by atoms with Gasteiger partial charge in [0.2, 0.25) is 5.91 Å². The van der Waals surface area contributed by atoms with Gasteiger partial charge in [0.25, 0.3) is 0 Å². The third kappa shape index (κ3) is 4.82. The molecule has 1 aromatic rings. The summed E-state index contributed by atoms with van der Waals surface area (Å²) in [6.45, 7) is 4.69. The molecule has 116 valence electrons. The maximum absolute atomic E-state index is 12.4. The van der Waals surface area contributed by atoms with Gasteiger partial charge in [0.15, 0.2) is 0 Å². The van der Waals surface area contributed by atoms with E-state index in [9.17, 15) is 4.79 Å². The van der Waals surface area contributed by atoms with E-state index in [1.165, 1.54) is 5.56 Å². The van der Waals surface area contributed by atoms with Crippen LogP contribution in [0.15, 0.2) is 28.7 Å². The van der Waals surface area contributed by atoms with E-state index in [2.05, 4.69) is 35.0 Å². The van der Waals surface area contributed by atoms with Crippen LogP contribution in [0.4, 0.5) is 0 Å². The van der Waals surface area contributed by atoms with Crippen molar-refractivity contribution in [3.8, 4) is 0 Å². The van der Waals surface area contributed by atoms with Crippen molar-refractivity contribution in [3.05, 3.63) is 34.3 Å². The molecule has 2 N–H and O–H groups in total. The molecule has 0 saturated carbocycles. The zero-order valence-electron chi connectivity index (χ0n) is 12.7. The first-order chi connectivity index (χ1) is 10.1. The molecule has 1 amide bonds. The lowest BCUT2D eigenvalue weighted by Gasteiger charge is -2.32. The Morgan fingerprint density at radius 2 is 1.95 bits per heavy atom. The number of hydrogen-bond acceptors (Lipinski definition) is 2. The highest BCUT2D eigenvalue weighted by atomic mass is 79.9. The van der Waals surface area contributed by atoms with Crippen LogP contribution in [0.25, 0.3) is 0 Å². The molecule has 0 aromatic heterocycles. The third-order valence-corrected chi connectivity index (χ3v) is 4.99. The minimum atomic E-state index is 0.271. The van der Waals surface area contributed by atoms with Gasteiger partial charge in [0.1, 0.15) is 0 Å². The Labute approximate surface area is 136 Å². The number of rotatable bonds is 5. The van der Waals surface area contributed by atoms with E-state index < -0.39 is 0 Å². The maximum Gasteiger partial charge on any atom is 0.223 e. The summed E-state index contributed by atoms with van der Waals surface area (Å²) in [5, 5.41) is 0. The second kappa shape index (κ2) is 7.95. The average molecular weight is 353 g/mol. The molecule has 1 unspecified atom stereocenters. The minimum absolute atomic E-state index is 0.271. The number of nitrogens with zero attached hydrogens (tertiary/aromatic N) is 1. The molecule has 0 aliphatic carbocycles. The maximum atomic E-state index is 12.4. The first-order valence-electron chi connectivity index (χ1n) is 7.83. The lowest BCUT2D eigenvalue weighted by molar-refractivity contribution is -0.132. The van der Waals surface area contributed by atoms with Crippen molar-refractivity contribution in [2.24, 2.45) is 11.7 Å². The Bertz CT molecular complexity index is 452. The first kappa shape index (κ1) is 16.5. The SMILES string of the molecule is CC(CC(=O)N1CCC(CCN)CC1)c1ccc(Br)cc1. The summed E-state index contributed by atoms with van der Waals surface area (Å²) in [5.41, 5.74) is 6.84. The molecular weight excluding hydrogens is 328 g/mol. The van der Waals surface area contributed by atoms with Gasteiger partial charge >= 0.3 is 0 Å². The standard InChI is InChI=1S/C17H25BrN2O/c1-13(15-2-4-16(18)5-3-15)12-17(21)20-10-7-14(6-9-19)8-11-20/h2-5,13-14H,6-12,19H2,1H3. The van der Waals surface area contributed by atoms with Gasteiger partial charge in [-0.2, -0.15) is 0 Å². The van der Waals surface area contributed by atoms with Crippen LogP contribution in [0.1, 0.15) is 44.1 Å². The van der Waals surface area contributed by atoms with Crippen molar-refractivity contribution in [2.75, 3.05) is 19.6 Å². The molecule has 1 aliphatic heterocycles. The van der Waals surface area contributed by atoms with Crippen molar-refractivity contribution < 1.29 is 4.79 Å². The number of halogens is 1. The zero-order valence-corrected chi connectivity index (χ0v) is 14.3. The lowest BCUT2D eigenvalue weighted by Crippen LogP contribution is -2.39. The number of benzene rings is 1. The summed E-state index contributed by atoms with van der Waals surface area (Å²) in [4.78, 5) is 14.4. The number of hydrogen-bond donors (Lipinski definition) is 1. The Balaban J connectivity index is 1.83. The largest absolute Gasteiger partial charge is 0.343 e. The molecule has 4 heteroatoms. The molecule has 0 spiro atoms. The van der Waals surface area contributed by atoms with Crippen LogP contribution >= 0.6 is 15.9 Å². The Morgan fingerprint density at radius 3 is 2.52 bits per heavy atom. The summed E-state index contributed by atoms with van der Waals surface area (Å²) in [5.74, 6) is 1.27. The normalized spacial score (nSPS) is 17.8. The van der Waals surface area contributed by atoms with E-state index >= 15 is 0 Å². The van der Waals surface area contributed by atoms with Crippen LogP contribution in [-0.2, 0) is 4.79 Å². The number of carbonyl (C=O) groups is 1. The number of piperidine rings is 1. The number of nitrogens with two attached hydrogens (primary N) is 1. The van der Waals surface area contributed by atoms with Crippen molar-refractivity contribution in [2.45, 2.75) is 38.5 Å². The van der Waals surface area contributed by atoms with Crippen LogP contribution in [-0.4, -0.2) is 30.4 Å². The fourth-order valence-electron chi connectivity index (χ4n) is 3.01. The van der Waals surface area contributed by atoms with Gasteiger partial charge in [0.05, 0.1) is 0 Å². The molecule has 0 bridgehead atoms. The number of amides is 1. The summed E-state index contributed by atoms with van der Waals surface area (Å²) in [6.07, 6.45) is 3.91. The third-order valence-electron chi connectivity index (χ3n) is 4.46. The molecule has 3 nitrogen and oxygen atoms in total. The van der Waals surface area contributed by atoms with Gasteiger partial charge in [-0.15, -0.1) is 0 Å². The molecule has 2 rings (SSSR count). The second-order valence-corrected chi connectivity index (χ2v) is 6.97. The van der Waals surface area contributed by atoms with Crippen molar-refractivity contribution >= 4 is 21.8 Å². The summed E-state index contributed by atoms with van der Waals surface area (Å²) in [6, 6.07) is 8.26. The topological polar surface area (TPSA) is 46.3 Å². The fourth-order valence-corrected chi connectivity index (χ4v) is 3.27. The quantitative estimate of drug-likeness (QED) is 0.880. The van der Waals surface area contributed by atoms with Crippen LogP contribution in [0.2, 0.25) is 0 Å². The predicted molar refractivity (Wildman–Crippen MR) is 90.1 cm³/mol. The smallest absolute Gasteiger partial charge is 0.223 e. The highest BCUT2D eigenvalue weighted by Gasteiger charge is 2.23. The summed E-state index contributed by atoms with van der Waals surface area (Å²) in [7, 11) is 0. The molecule has 1 aliphatic rings. The van der Waals surface area contributed by atoms with E-state index in [0.29, 0.717) is 12.3 Å². The molecular formula is C17H25BrN2O. The van der Waals surface area contributed by atoms with Crippen LogP contribution in [0.5, 0.6) is 0 Å². The van der Waals surface area contributed by atoms with Gasteiger partial charge < -0.3 is 10.6 Å². The van der Waals surface area contributed by atoms with E-state index in [0.717, 1.165) is 43.4 Å². The van der Waals surface area contributed by atoms with Crippen molar-refractivity contribution in [3.63, 3.8) is 0 Å². The van der Waals surface area contributed by atoms with Crippen LogP contribution in [0.3, 0.4) is 0 Å². The van der Waals surface area contributed by atoms with Gasteiger partial charge in [0, 0.05) is 24.0 Å². The number of carbonyl (C=O) groups excluding carboxylic acids is 1. The molecule has 1 atom stereocenters. The molecule has 0 radical (unpaired) electrons. The molecule has 21 heavy (non-hydrogen) atoms. The fraction of sp³-hybridized carbons (Fsp3) is 0.588. The Kier molecular flexibility index (Phi) is 6.24. The van der Waals surface area contributed by atoms with E-state index in [-0.39, 0.29) is 11.8 Å². The Morgan fingerprint density at radius 1 is 1.33 bits per heavy atom. The molecule has 1 saturated heterocycles. The van der Waals surface area contributed by atoms with Crippen molar-refractivity contribution in [1.29, 1.82) is 0 Å². The molecule has 1 aromatic carbocycles. The summed E-state index contributed by atoms with van der Waals surface area (Å²) >= 11 is 3.44. The first-order valence-corrected chi connectivity index (χ1v) is 8.62. The van der Waals surface area contributed by atoms with E-state index in [4.69, 9.17) is 5.73 Å². The second-order valence-electron chi connectivity index (χ2n) is 6.06. The van der Waals surface area contributed by atoms with Crippen LogP contribution < -0.4 is 5.73 Å². The Hall–Kier alpha value is -0.870. The van der Waals surface area contributed by atoms with Gasteiger partial charge in [-0.25, -0.2) is 0 Å². The zero-order chi connectivity index (χ0) is 15.2. The van der Waals surface area contributed by atoms with Gasteiger partial charge in [-0.3, -0.25) is 4.79 Å². The predicted octanol–water partition coefficient (Wildman–Crippen LogP) is 3.53. The van der Waals surface area contributed by atoms with Crippen molar-refractivity contribution in [1.82, 2.24) is 4.90 Å². The van der Waals surface area contributed by atoms with Gasteiger partial charge in [-0.1, -0.05) is 35.0 Å². The summed E-state index contributed by atoms with van der Waals surface area (Å²) < 4.78 is 1.08. The van der Waals surface area contributed by atoms with E-state index in [1.54, 1.807) is 0 Å². The molecule has 1 heterocycles. The van der Waals surface area contributed by atoms with Gasteiger partial charge in [-0.05, 0) is 55.3 Å². The highest BCUT2D eigenvalue weighted by molar-refractivity contribution is 9.10. The monoisotopic (exact) mass is 352 g/mol. The average Bonchev–Trinajstić information content (AvgIpc) is 2.49.